The maximum Gasteiger partial charge on any atom is 0.253 e. The van der Waals surface area contributed by atoms with Crippen LogP contribution >= 0.6 is 0 Å². The normalized spacial score (nSPS) is 13.1. The zero-order valence-electron chi connectivity index (χ0n) is 16.3. The van der Waals surface area contributed by atoms with Gasteiger partial charge in [-0.15, -0.1) is 0 Å². The highest BCUT2D eigenvalue weighted by Crippen LogP contribution is 2.36. The summed E-state index contributed by atoms with van der Waals surface area (Å²) < 4.78 is 1.75. The van der Waals surface area contributed by atoms with E-state index in [0.717, 1.165) is 40.8 Å². The van der Waals surface area contributed by atoms with Crippen molar-refractivity contribution >= 4 is 11.6 Å². The molecule has 0 saturated carbocycles. The summed E-state index contributed by atoms with van der Waals surface area (Å²) in [6.07, 6.45) is 3.94. The quantitative estimate of drug-likeness (QED) is 0.741. The van der Waals surface area contributed by atoms with Gasteiger partial charge < -0.3 is 9.88 Å². The zero-order chi connectivity index (χ0) is 19.7. The Morgan fingerprint density at radius 1 is 1.04 bits per heavy atom. The van der Waals surface area contributed by atoms with E-state index in [1.54, 1.807) is 4.57 Å². The highest BCUT2D eigenvalue weighted by Gasteiger charge is 2.21. The van der Waals surface area contributed by atoms with Crippen molar-refractivity contribution in [1.82, 2.24) is 4.57 Å². The molecule has 0 unspecified atom stereocenters. The number of benzene rings is 2. The van der Waals surface area contributed by atoms with Crippen molar-refractivity contribution in [2.24, 2.45) is 0 Å². The van der Waals surface area contributed by atoms with Crippen LogP contribution in [0.2, 0.25) is 0 Å². The van der Waals surface area contributed by atoms with E-state index < -0.39 is 0 Å². The van der Waals surface area contributed by atoms with Crippen molar-refractivity contribution < 1.29 is 4.79 Å². The van der Waals surface area contributed by atoms with E-state index in [-0.39, 0.29) is 11.5 Å². The number of carbonyl (C=O) groups is 1. The van der Waals surface area contributed by atoms with E-state index >= 15 is 0 Å². The second-order valence-electron chi connectivity index (χ2n) is 7.34. The van der Waals surface area contributed by atoms with Gasteiger partial charge in [0, 0.05) is 36.8 Å². The lowest BCUT2D eigenvalue weighted by Gasteiger charge is -2.23. The third-order valence-electron chi connectivity index (χ3n) is 5.43. The molecule has 0 radical (unpaired) electrons. The van der Waals surface area contributed by atoms with Crippen LogP contribution in [0.5, 0.6) is 0 Å². The number of amides is 1. The second kappa shape index (κ2) is 7.47. The van der Waals surface area contributed by atoms with Gasteiger partial charge in [0.25, 0.3) is 5.56 Å². The largest absolute Gasteiger partial charge is 0.326 e. The predicted molar refractivity (Wildman–Crippen MR) is 113 cm³/mol. The third kappa shape index (κ3) is 3.38. The van der Waals surface area contributed by atoms with Gasteiger partial charge in [0.15, 0.2) is 0 Å². The van der Waals surface area contributed by atoms with Crippen LogP contribution in [0, 0.1) is 6.92 Å². The lowest BCUT2D eigenvalue weighted by Crippen LogP contribution is -2.22. The fraction of sp³-hybridized carbons (Fsp3) is 0.250. The summed E-state index contributed by atoms with van der Waals surface area (Å²) in [4.78, 5) is 24.5. The summed E-state index contributed by atoms with van der Waals surface area (Å²) in [5, 5.41) is 3.11. The number of anilines is 1. The van der Waals surface area contributed by atoms with Gasteiger partial charge in [0.1, 0.15) is 0 Å². The van der Waals surface area contributed by atoms with Gasteiger partial charge in [-0.1, -0.05) is 42.5 Å². The molecule has 1 aromatic heterocycles. The summed E-state index contributed by atoms with van der Waals surface area (Å²) in [5.41, 5.74) is 7.26. The van der Waals surface area contributed by atoms with Gasteiger partial charge in [0.05, 0.1) is 0 Å². The lowest BCUT2D eigenvalue weighted by molar-refractivity contribution is -0.116. The van der Waals surface area contributed by atoms with Crippen LogP contribution in [0.1, 0.15) is 35.6 Å². The Labute approximate surface area is 164 Å². The van der Waals surface area contributed by atoms with Crippen molar-refractivity contribution in [3.05, 3.63) is 87.3 Å². The van der Waals surface area contributed by atoms with E-state index in [1.165, 1.54) is 11.1 Å². The first-order chi connectivity index (χ1) is 13.6. The Kier molecular flexibility index (Phi) is 4.86. The molecule has 4 rings (SSSR count). The number of aromatic nitrogens is 1. The molecule has 4 heteroatoms. The van der Waals surface area contributed by atoms with Crippen LogP contribution < -0.4 is 10.9 Å². The number of aryl methyl sites for hydroxylation is 3. The molecule has 28 heavy (non-hydrogen) atoms. The van der Waals surface area contributed by atoms with Gasteiger partial charge in [0.2, 0.25) is 5.91 Å². The third-order valence-corrected chi connectivity index (χ3v) is 5.43. The maximum absolute atomic E-state index is 12.3. The molecule has 0 spiro atoms. The molecule has 0 atom stereocenters. The highest BCUT2D eigenvalue weighted by molar-refractivity contribution is 5.96. The van der Waals surface area contributed by atoms with E-state index in [9.17, 15) is 9.59 Å². The SMILES string of the molecule is CCn1cc(-c2ccc3c(c2Cc2ccccc2)NC(=O)CC3)cc(C)c1=O. The average Bonchev–Trinajstić information content (AvgIpc) is 2.71. The fourth-order valence-corrected chi connectivity index (χ4v) is 3.93. The monoisotopic (exact) mass is 372 g/mol. The van der Waals surface area contributed by atoms with Crippen LogP contribution in [-0.2, 0) is 24.2 Å². The molecular formula is C24H24N2O2. The van der Waals surface area contributed by atoms with Gasteiger partial charge >= 0.3 is 0 Å². The van der Waals surface area contributed by atoms with Gasteiger partial charge in [-0.2, -0.15) is 0 Å². The second-order valence-corrected chi connectivity index (χ2v) is 7.34. The highest BCUT2D eigenvalue weighted by atomic mass is 16.1. The first-order valence-corrected chi connectivity index (χ1v) is 9.76. The zero-order valence-corrected chi connectivity index (χ0v) is 16.3. The molecule has 1 aliphatic heterocycles. The maximum atomic E-state index is 12.3. The molecule has 1 N–H and O–H groups in total. The molecule has 0 aliphatic carbocycles. The van der Waals surface area contributed by atoms with Crippen molar-refractivity contribution in [1.29, 1.82) is 0 Å². The standard InChI is InChI=1S/C24H24N2O2/c1-3-26-15-19(13-16(2)24(26)28)20-11-9-18-10-12-22(27)25-23(18)21(20)14-17-7-5-4-6-8-17/h4-9,11,13,15H,3,10,12,14H2,1-2H3,(H,25,27). The molecular weight excluding hydrogens is 348 g/mol. The number of pyridine rings is 1. The van der Waals surface area contributed by atoms with Crippen LogP contribution in [-0.4, -0.2) is 10.5 Å². The Hall–Kier alpha value is -3.14. The van der Waals surface area contributed by atoms with E-state index in [0.29, 0.717) is 13.0 Å². The van der Waals surface area contributed by atoms with E-state index in [2.05, 4.69) is 29.6 Å². The van der Waals surface area contributed by atoms with Crippen LogP contribution in [0.25, 0.3) is 11.1 Å². The topological polar surface area (TPSA) is 51.1 Å². The Morgan fingerprint density at radius 2 is 1.82 bits per heavy atom. The van der Waals surface area contributed by atoms with Gasteiger partial charge in [-0.25, -0.2) is 0 Å². The Morgan fingerprint density at radius 3 is 2.57 bits per heavy atom. The minimum absolute atomic E-state index is 0.0436. The number of hydrogen-bond acceptors (Lipinski definition) is 2. The minimum atomic E-state index is 0.0436. The van der Waals surface area contributed by atoms with Crippen LogP contribution in [0.15, 0.2) is 59.5 Å². The number of rotatable bonds is 4. The first-order valence-electron chi connectivity index (χ1n) is 9.76. The van der Waals surface area contributed by atoms with Crippen molar-refractivity contribution in [3.8, 4) is 11.1 Å². The van der Waals surface area contributed by atoms with Crippen LogP contribution in [0.3, 0.4) is 0 Å². The summed E-state index contributed by atoms with van der Waals surface area (Å²) >= 11 is 0. The fourth-order valence-electron chi connectivity index (χ4n) is 3.93. The van der Waals surface area contributed by atoms with Gasteiger partial charge in [-0.05, 0) is 54.2 Å². The molecule has 2 heterocycles. The van der Waals surface area contributed by atoms with Crippen molar-refractivity contribution in [3.63, 3.8) is 0 Å². The van der Waals surface area contributed by atoms with Crippen LogP contribution in [0.4, 0.5) is 5.69 Å². The number of nitrogens with one attached hydrogen (secondary N) is 1. The molecule has 3 aromatic rings. The molecule has 0 bridgehead atoms. The van der Waals surface area contributed by atoms with E-state index in [4.69, 9.17) is 0 Å². The Bertz CT molecular complexity index is 1100. The summed E-state index contributed by atoms with van der Waals surface area (Å²) in [6.45, 7) is 4.46. The molecule has 1 aliphatic rings. The number of fused-ring (bicyclic) bond motifs is 1. The smallest absolute Gasteiger partial charge is 0.253 e. The number of hydrogen-bond donors (Lipinski definition) is 1. The molecule has 1 amide bonds. The lowest BCUT2D eigenvalue weighted by atomic mass is 9.88. The molecule has 0 saturated heterocycles. The van der Waals surface area contributed by atoms with Crippen molar-refractivity contribution in [2.45, 2.75) is 39.7 Å². The first kappa shape index (κ1) is 18.2. The molecule has 142 valence electrons. The Balaban J connectivity index is 1.92. The summed E-state index contributed by atoms with van der Waals surface area (Å²) in [5.74, 6) is 0.0636. The predicted octanol–water partition coefficient (Wildman–Crippen LogP) is 4.32. The average molecular weight is 372 g/mol. The summed E-state index contributed by atoms with van der Waals surface area (Å²) in [6, 6.07) is 16.5. The molecule has 4 nitrogen and oxygen atoms in total. The summed E-state index contributed by atoms with van der Waals surface area (Å²) in [7, 11) is 0. The molecule has 0 fully saturated rings. The molecule has 2 aromatic carbocycles. The number of carbonyl (C=O) groups excluding carboxylic acids is 1. The van der Waals surface area contributed by atoms with E-state index in [1.807, 2.05) is 44.3 Å². The van der Waals surface area contributed by atoms with Crippen molar-refractivity contribution in [2.75, 3.05) is 5.32 Å². The number of nitrogens with zero attached hydrogens (tertiary/aromatic N) is 1. The minimum Gasteiger partial charge on any atom is -0.326 e. The van der Waals surface area contributed by atoms with Gasteiger partial charge in [-0.3, -0.25) is 9.59 Å².